The molecule has 4 fully saturated rings. The van der Waals surface area contributed by atoms with Gasteiger partial charge in [-0.2, -0.15) is 0 Å². The Kier molecular flexibility index (Phi) is 4.20. The number of benzene rings is 1. The van der Waals surface area contributed by atoms with Gasteiger partial charge < -0.3 is 15.0 Å². The second-order valence-corrected chi connectivity index (χ2v) is 8.77. The van der Waals surface area contributed by atoms with Gasteiger partial charge in [0.25, 0.3) is 5.91 Å². The van der Waals surface area contributed by atoms with Crippen LogP contribution < -0.4 is 10.1 Å². The van der Waals surface area contributed by atoms with E-state index in [2.05, 4.69) is 5.32 Å². The van der Waals surface area contributed by atoms with Gasteiger partial charge in [-0.3, -0.25) is 9.59 Å². The summed E-state index contributed by atoms with van der Waals surface area (Å²) in [6.07, 6.45) is 6.98. The van der Waals surface area contributed by atoms with E-state index in [4.69, 9.17) is 4.74 Å². The highest BCUT2D eigenvalue weighted by Gasteiger charge is 2.54. The molecule has 5 nitrogen and oxygen atoms in total. The van der Waals surface area contributed by atoms with Gasteiger partial charge >= 0.3 is 0 Å². The highest BCUT2D eigenvalue weighted by Crippen LogP contribution is 2.60. The van der Waals surface area contributed by atoms with Crippen molar-refractivity contribution in [2.24, 2.45) is 23.2 Å². The molecule has 4 saturated carbocycles. The first kappa shape index (κ1) is 17.4. The van der Waals surface area contributed by atoms with Gasteiger partial charge in [0.15, 0.2) is 0 Å². The Morgan fingerprint density at radius 2 is 1.65 bits per heavy atom. The average molecular weight is 356 g/mol. The topological polar surface area (TPSA) is 58.6 Å². The molecule has 4 aliphatic rings. The summed E-state index contributed by atoms with van der Waals surface area (Å²) in [5, 5.41) is 3.12. The molecule has 1 aromatic carbocycles. The highest BCUT2D eigenvalue weighted by atomic mass is 16.5. The fourth-order valence-electron chi connectivity index (χ4n) is 5.84. The molecule has 0 aliphatic heterocycles. The normalized spacial score (nSPS) is 31.6. The van der Waals surface area contributed by atoms with E-state index in [9.17, 15) is 9.59 Å². The Bertz CT molecular complexity index is 705. The van der Waals surface area contributed by atoms with Gasteiger partial charge in [-0.1, -0.05) is 0 Å². The lowest BCUT2D eigenvalue weighted by Crippen LogP contribution is -2.51. The lowest BCUT2D eigenvalue weighted by atomic mass is 9.49. The van der Waals surface area contributed by atoms with Crippen molar-refractivity contribution in [3.8, 4) is 5.75 Å². The number of nitrogens with one attached hydrogen (secondary N) is 1. The van der Waals surface area contributed by atoms with Crippen LogP contribution in [-0.4, -0.2) is 37.9 Å². The molecule has 1 aromatic rings. The minimum absolute atomic E-state index is 0.0852. The number of carbonyl (C=O) groups is 2. The molecule has 0 aromatic heterocycles. The van der Waals surface area contributed by atoms with E-state index in [1.165, 1.54) is 24.2 Å². The predicted octanol–water partition coefficient (Wildman–Crippen LogP) is 3.55. The maximum absolute atomic E-state index is 13.3. The van der Waals surface area contributed by atoms with E-state index in [1.807, 2.05) is 0 Å². The molecular formula is C21H28N2O3. The van der Waals surface area contributed by atoms with E-state index in [-0.39, 0.29) is 17.2 Å². The molecule has 4 aliphatic carbocycles. The number of ether oxygens (including phenoxy) is 1. The summed E-state index contributed by atoms with van der Waals surface area (Å²) in [6.45, 7) is 0. The van der Waals surface area contributed by atoms with Crippen LogP contribution >= 0.6 is 0 Å². The highest BCUT2D eigenvalue weighted by molar-refractivity contribution is 6.00. The first-order valence-electron chi connectivity index (χ1n) is 9.61. The number of hydrogen-bond acceptors (Lipinski definition) is 3. The van der Waals surface area contributed by atoms with E-state index >= 15 is 0 Å². The number of rotatable bonds is 4. The van der Waals surface area contributed by atoms with Crippen molar-refractivity contribution in [2.45, 2.75) is 38.5 Å². The van der Waals surface area contributed by atoms with Crippen molar-refractivity contribution in [1.29, 1.82) is 0 Å². The molecule has 0 heterocycles. The van der Waals surface area contributed by atoms with Gasteiger partial charge in [0.05, 0.1) is 18.2 Å². The predicted molar refractivity (Wildman–Crippen MR) is 100 cm³/mol. The molecule has 0 atom stereocenters. The van der Waals surface area contributed by atoms with Crippen LogP contribution in [-0.2, 0) is 4.79 Å². The van der Waals surface area contributed by atoms with Crippen molar-refractivity contribution in [3.05, 3.63) is 23.8 Å². The van der Waals surface area contributed by atoms with Crippen LogP contribution in [0, 0.1) is 23.2 Å². The summed E-state index contributed by atoms with van der Waals surface area (Å²) >= 11 is 0. The molecule has 4 bridgehead atoms. The molecule has 0 saturated heterocycles. The Labute approximate surface area is 155 Å². The van der Waals surface area contributed by atoms with Gasteiger partial charge in [0, 0.05) is 19.7 Å². The number of amides is 2. The van der Waals surface area contributed by atoms with Crippen LogP contribution in [0.5, 0.6) is 5.75 Å². The fourth-order valence-corrected chi connectivity index (χ4v) is 5.84. The van der Waals surface area contributed by atoms with E-state index in [0.717, 1.165) is 37.0 Å². The van der Waals surface area contributed by atoms with Gasteiger partial charge in [-0.25, -0.2) is 0 Å². The number of nitrogens with zero attached hydrogens (tertiary/aromatic N) is 1. The monoisotopic (exact) mass is 356 g/mol. The molecule has 0 spiro atoms. The summed E-state index contributed by atoms with van der Waals surface area (Å²) in [6, 6.07) is 5.23. The molecule has 5 rings (SSSR count). The van der Waals surface area contributed by atoms with Crippen LogP contribution in [0.1, 0.15) is 48.9 Å². The molecule has 5 heteroatoms. The number of carbonyl (C=O) groups excluding carboxylic acids is 2. The Morgan fingerprint density at radius 3 is 2.15 bits per heavy atom. The van der Waals surface area contributed by atoms with Crippen LogP contribution in [0.15, 0.2) is 18.2 Å². The number of hydrogen-bond donors (Lipinski definition) is 1. The maximum atomic E-state index is 13.3. The molecular weight excluding hydrogens is 328 g/mol. The molecule has 1 N–H and O–H groups in total. The molecule has 0 unspecified atom stereocenters. The molecule has 26 heavy (non-hydrogen) atoms. The molecule has 0 radical (unpaired) electrons. The second kappa shape index (κ2) is 6.29. The zero-order valence-corrected chi connectivity index (χ0v) is 15.9. The lowest BCUT2D eigenvalue weighted by Gasteiger charge is -2.55. The van der Waals surface area contributed by atoms with Crippen LogP contribution in [0.25, 0.3) is 0 Å². The van der Waals surface area contributed by atoms with Crippen molar-refractivity contribution in [2.75, 3.05) is 26.5 Å². The number of methoxy groups -OCH3 is 1. The van der Waals surface area contributed by atoms with E-state index < -0.39 is 0 Å². The summed E-state index contributed by atoms with van der Waals surface area (Å²) in [5.41, 5.74) is 0.930. The fraction of sp³-hybridized carbons (Fsp3) is 0.619. The average Bonchev–Trinajstić information content (AvgIpc) is 2.59. The third-order valence-electron chi connectivity index (χ3n) is 6.62. The summed E-state index contributed by atoms with van der Waals surface area (Å²) in [7, 11) is 5.03. The lowest BCUT2D eigenvalue weighted by molar-refractivity contribution is -0.140. The minimum atomic E-state index is -0.221. The largest absolute Gasteiger partial charge is 0.495 e. The van der Waals surface area contributed by atoms with Crippen molar-refractivity contribution in [1.82, 2.24) is 4.90 Å². The minimum Gasteiger partial charge on any atom is -0.495 e. The summed E-state index contributed by atoms with van der Waals surface area (Å²) < 4.78 is 5.42. The first-order chi connectivity index (χ1) is 12.4. The zero-order chi connectivity index (χ0) is 18.5. The van der Waals surface area contributed by atoms with Crippen LogP contribution in [0.4, 0.5) is 5.69 Å². The third kappa shape index (κ3) is 2.87. The van der Waals surface area contributed by atoms with Crippen molar-refractivity contribution in [3.63, 3.8) is 0 Å². The quantitative estimate of drug-likeness (QED) is 0.897. The zero-order valence-electron chi connectivity index (χ0n) is 15.9. The Hall–Kier alpha value is -2.04. The molecule has 2 amide bonds. The number of anilines is 1. The van der Waals surface area contributed by atoms with Crippen molar-refractivity contribution < 1.29 is 14.3 Å². The first-order valence-corrected chi connectivity index (χ1v) is 9.61. The third-order valence-corrected chi connectivity index (χ3v) is 6.62. The maximum Gasteiger partial charge on any atom is 0.253 e. The van der Waals surface area contributed by atoms with Gasteiger partial charge in [0.2, 0.25) is 5.91 Å². The van der Waals surface area contributed by atoms with E-state index in [0.29, 0.717) is 17.0 Å². The van der Waals surface area contributed by atoms with Gasteiger partial charge in [-0.15, -0.1) is 0 Å². The van der Waals surface area contributed by atoms with Crippen LogP contribution in [0.3, 0.4) is 0 Å². The smallest absolute Gasteiger partial charge is 0.253 e. The summed E-state index contributed by atoms with van der Waals surface area (Å²) in [5.74, 6) is 2.78. The Morgan fingerprint density at radius 1 is 1.08 bits per heavy atom. The van der Waals surface area contributed by atoms with Gasteiger partial charge in [0.1, 0.15) is 5.75 Å². The standard InChI is InChI=1S/C21H28N2O3/c1-23(2)19(24)16-4-5-18(26-3)17(9-16)22-20(25)21-10-13-6-14(11-21)8-15(7-13)12-21/h4-5,9,13-15H,6-8,10-12H2,1-3H3,(H,22,25). The van der Waals surface area contributed by atoms with Gasteiger partial charge in [-0.05, 0) is 74.5 Å². The van der Waals surface area contributed by atoms with Crippen molar-refractivity contribution >= 4 is 17.5 Å². The van der Waals surface area contributed by atoms with E-state index in [1.54, 1.807) is 39.4 Å². The molecule has 140 valence electrons. The van der Waals surface area contributed by atoms with Crippen LogP contribution in [0.2, 0.25) is 0 Å². The second-order valence-electron chi connectivity index (χ2n) is 8.77. The SMILES string of the molecule is COc1ccc(C(=O)N(C)C)cc1NC(=O)C12CC3CC(CC(C3)C1)C2. The summed E-state index contributed by atoms with van der Waals surface area (Å²) in [4.78, 5) is 27.1. The Balaban J connectivity index is 1.59.